The molecule has 7 heteroatoms. The second-order valence-corrected chi connectivity index (χ2v) is 10.2. The van der Waals surface area contributed by atoms with Crippen LogP contribution in [0.25, 0.3) is 0 Å². The molecule has 1 aromatic rings. The number of ether oxygens (including phenoxy) is 1. The number of carbonyl (C=O) groups is 1. The van der Waals surface area contributed by atoms with Crippen molar-refractivity contribution in [2.24, 2.45) is 5.92 Å². The Hall–Kier alpha value is -1.44. The highest BCUT2D eigenvalue weighted by Gasteiger charge is 2.35. The molecule has 0 radical (unpaired) electrons. The van der Waals surface area contributed by atoms with Crippen LogP contribution in [0.3, 0.4) is 0 Å². The number of esters is 1. The van der Waals surface area contributed by atoms with Crippen LogP contribution in [-0.4, -0.2) is 46.3 Å². The Morgan fingerprint density at radius 1 is 1.30 bits per heavy atom. The molecule has 0 amide bonds. The molecule has 2 aliphatic rings. The van der Waals surface area contributed by atoms with Crippen LogP contribution in [0.4, 0.5) is 11.4 Å². The Morgan fingerprint density at radius 3 is 2.48 bits per heavy atom. The molecule has 2 fully saturated rings. The fourth-order valence-corrected chi connectivity index (χ4v) is 5.72. The van der Waals surface area contributed by atoms with Gasteiger partial charge in [-0.25, -0.2) is 0 Å². The highest BCUT2D eigenvalue weighted by molar-refractivity contribution is 8.24. The van der Waals surface area contributed by atoms with E-state index in [4.69, 9.17) is 10.5 Å². The van der Waals surface area contributed by atoms with Gasteiger partial charge < -0.3 is 15.4 Å². The van der Waals surface area contributed by atoms with Crippen molar-refractivity contribution in [3.8, 4) is 0 Å². The van der Waals surface area contributed by atoms with Gasteiger partial charge in [-0.3, -0.25) is 13.9 Å². The van der Waals surface area contributed by atoms with Gasteiger partial charge in [0.05, 0.1) is 24.9 Å². The molecule has 27 heavy (non-hydrogen) atoms. The van der Waals surface area contributed by atoms with Crippen molar-refractivity contribution in [2.75, 3.05) is 35.8 Å². The topological polar surface area (TPSA) is 96.0 Å². The zero-order chi connectivity index (χ0) is 19.6. The van der Waals surface area contributed by atoms with E-state index < -0.39 is 10.6 Å². The lowest BCUT2D eigenvalue weighted by Gasteiger charge is -2.44. The average Bonchev–Trinajstić information content (AvgIpc) is 3.47. The predicted octanol–water partition coefficient (Wildman–Crippen LogP) is 4.06. The van der Waals surface area contributed by atoms with Crippen LogP contribution in [0.1, 0.15) is 50.5 Å². The largest absolute Gasteiger partial charge is 0.469 e. The number of hydrogen-bond donors (Lipinski definition) is 3. The molecule has 1 saturated carbocycles. The molecular formula is C20H32N2O4S. The third kappa shape index (κ3) is 4.89. The summed E-state index contributed by atoms with van der Waals surface area (Å²) in [6, 6.07) is 6.45. The summed E-state index contributed by atoms with van der Waals surface area (Å²) in [6.45, 7) is 2.92. The van der Waals surface area contributed by atoms with Gasteiger partial charge in [0.15, 0.2) is 0 Å². The summed E-state index contributed by atoms with van der Waals surface area (Å²) in [7, 11) is -0.953. The van der Waals surface area contributed by atoms with Crippen LogP contribution < -0.4 is 10.6 Å². The van der Waals surface area contributed by atoms with E-state index in [1.807, 2.05) is 6.07 Å². The van der Waals surface area contributed by atoms with E-state index in [-0.39, 0.29) is 17.9 Å². The van der Waals surface area contributed by atoms with Crippen molar-refractivity contribution in [2.45, 2.75) is 51.0 Å². The summed E-state index contributed by atoms with van der Waals surface area (Å²) in [5.41, 5.74) is 9.26. The minimum Gasteiger partial charge on any atom is -0.469 e. The minimum absolute atomic E-state index is 0.173. The zero-order valence-corrected chi connectivity index (χ0v) is 17.1. The number of nitrogens with zero attached hydrogens (tertiary/aromatic N) is 1. The molecule has 1 unspecified atom stereocenters. The molecule has 0 spiro atoms. The van der Waals surface area contributed by atoms with E-state index in [1.165, 1.54) is 7.11 Å². The van der Waals surface area contributed by atoms with Crippen LogP contribution in [0.2, 0.25) is 0 Å². The van der Waals surface area contributed by atoms with Gasteiger partial charge in [0, 0.05) is 24.1 Å². The standard InChI is InChI=1S/C20H32N2O4S/c1-3-22(16-8-10-27(24,25)11-9-16)19-7-6-15(12-18(19)21)17(14-4-5-14)13-20(23)26-2/h6-7,12,14,16-17,24-25H,3-5,8-11,13,21H2,1-2H3. The van der Waals surface area contributed by atoms with E-state index >= 15 is 0 Å². The first-order valence-corrected chi connectivity index (χ1v) is 11.7. The molecule has 6 nitrogen and oxygen atoms in total. The lowest BCUT2D eigenvalue weighted by Crippen LogP contribution is -2.40. The Kier molecular flexibility index (Phi) is 6.23. The number of benzene rings is 1. The average molecular weight is 397 g/mol. The van der Waals surface area contributed by atoms with Gasteiger partial charge in [-0.2, -0.15) is 10.6 Å². The van der Waals surface area contributed by atoms with Gasteiger partial charge in [-0.15, -0.1) is 0 Å². The predicted molar refractivity (Wildman–Crippen MR) is 112 cm³/mol. The highest BCUT2D eigenvalue weighted by atomic mass is 32.3. The quantitative estimate of drug-likeness (QED) is 0.475. The maximum absolute atomic E-state index is 11.8. The van der Waals surface area contributed by atoms with E-state index in [0.29, 0.717) is 23.8 Å². The SMILES string of the molecule is CCN(c1ccc(C(CC(=O)OC)C2CC2)cc1N)C1CCS(O)(O)CC1. The summed E-state index contributed by atoms with van der Waals surface area (Å²) in [6.07, 6.45) is 4.24. The molecule has 1 aliphatic heterocycles. The first-order valence-electron chi connectivity index (χ1n) is 9.81. The third-order valence-electron chi connectivity index (χ3n) is 5.93. The molecule has 1 aromatic carbocycles. The number of methoxy groups -OCH3 is 1. The third-order valence-corrected chi connectivity index (χ3v) is 7.71. The van der Waals surface area contributed by atoms with Crippen molar-refractivity contribution in [1.82, 2.24) is 0 Å². The van der Waals surface area contributed by atoms with Gasteiger partial charge in [0.1, 0.15) is 0 Å². The molecule has 4 N–H and O–H groups in total. The van der Waals surface area contributed by atoms with E-state index in [9.17, 15) is 13.9 Å². The van der Waals surface area contributed by atoms with Crippen LogP contribution in [0.5, 0.6) is 0 Å². The zero-order valence-electron chi connectivity index (χ0n) is 16.3. The maximum Gasteiger partial charge on any atom is 0.306 e. The Balaban J connectivity index is 1.77. The molecule has 0 aromatic heterocycles. The summed E-state index contributed by atoms with van der Waals surface area (Å²) in [5, 5.41) is 0. The van der Waals surface area contributed by atoms with Crippen molar-refractivity contribution in [3.63, 3.8) is 0 Å². The number of carbonyl (C=O) groups excluding carboxylic acids is 1. The van der Waals surface area contributed by atoms with Gasteiger partial charge >= 0.3 is 5.97 Å². The molecule has 1 heterocycles. The fraction of sp³-hybridized carbons (Fsp3) is 0.650. The molecule has 1 saturated heterocycles. The number of anilines is 2. The molecule has 0 bridgehead atoms. The monoisotopic (exact) mass is 396 g/mol. The Morgan fingerprint density at radius 2 is 1.96 bits per heavy atom. The first-order chi connectivity index (χ1) is 12.8. The van der Waals surface area contributed by atoms with Gasteiger partial charge in [0.25, 0.3) is 0 Å². The van der Waals surface area contributed by atoms with Crippen LogP contribution in [0, 0.1) is 5.92 Å². The first kappa shape index (κ1) is 20.3. The summed E-state index contributed by atoms with van der Waals surface area (Å²) < 4.78 is 24.6. The number of nitrogen functional groups attached to an aromatic ring is 1. The molecule has 152 valence electrons. The van der Waals surface area contributed by atoms with Crippen LogP contribution in [0.15, 0.2) is 18.2 Å². The van der Waals surface area contributed by atoms with E-state index in [2.05, 4.69) is 24.0 Å². The minimum atomic E-state index is -2.39. The van der Waals surface area contributed by atoms with Crippen molar-refractivity contribution >= 4 is 27.9 Å². The second-order valence-electron chi connectivity index (χ2n) is 7.77. The molecule has 1 aliphatic carbocycles. The second kappa shape index (κ2) is 8.29. The number of rotatable bonds is 7. The highest BCUT2D eigenvalue weighted by Crippen LogP contribution is 2.47. The lowest BCUT2D eigenvalue weighted by molar-refractivity contribution is -0.141. The van der Waals surface area contributed by atoms with Crippen LogP contribution in [-0.2, 0) is 9.53 Å². The van der Waals surface area contributed by atoms with Gasteiger partial charge in [-0.05, 0) is 62.1 Å². The van der Waals surface area contributed by atoms with Crippen molar-refractivity contribution in [3.05, 3.63) is 23.8 Å². The smallest absolute Gasteiger partial charge is 0.306 e. The van der Waals surface area contributed by atoms with E-state index in [1.54, 1.807) is 0 Å². The maximum atomic E-state index is 11.8. The summed E-state index contributed by atoms with van der Waals surface area (Å²) >= 11 is 0. The molecule has 3 rings (SSSR count). The number of nitrogens with two attached hydrogens (primary N) is 1. The van der Waals surface area contributed by atoms with Gasteiger partial charge in [0.2, 0.25) is 0 Å². The summed E-state index contributed by atoms with van der Waals surface area (Å²) in [4.78, 5) is 14.1. The van der Waals surface area contributed by atoms with Crippen molar-refractivity contribution < 1.29 is 18.6 Å². The van der Waals surface area contributed by atoms with Crippen LogP contribution >= 0.6 is 10.6 Å². The van der Waals surface area contributed by atoms with E-state index in [0.717, 1.165) is 49.2 Å². The molecule has 1 atom stereocenters. The van der Waals surface area contributed by atoms with Gasteiger partial charge in [-0.1, -0.05) is 6.07 Å². The Labute approximate surface area is 163 Å². The number of hydrogen-bond acceptors (Lipinski definition) is 6. The fourth-order valence-electron chi connectivity index (χ4n) is 4.22. The molecular weight excluding hydrogens is 364 g/mol. The Bertz CT molecular complexity index is 668. The lowest BCUT2D eigenvalue weighted by atomic mass is 9.90. The normalized spacial score (nSPS) is 22.1. The van der Waals surface area contributed by atoms with Crippen molar-refractivity contribution in [1.29, 1.82) is 0 Å². The summed E-state index contributed by atoms with van der Waals surface area (Å²) in [5.74, 6) is 1.47.